The number of hydrogen-bond donors (Lipinski definition) is 1. The first-order valence-corrected chi connectivity index (χ1v) is 6.90. The van der Waals surface area contributed by atoms with E-state index in [1.807, 2.05) is 18.2 Å². The van der Waals surface area contributed by atoms with Crippen molar-refractivity contribution in [2.24, 2.45) is 5.73 Å². The van der Waals surface area contributed by atoms with E-state index in [1.165, 1.54) is 4.90 Å². The lowest BCUT2D eigenvalue weighted by Crippen LogP contribution is -2.33. The van der Waals surface area contributed by atoms with E-state index in [0.717, 1.165) is 23.1 Å². The molecule has 0 saturated heterocycles. The molecule has 2 N–H and O–H groups in total. The largest absolute Gasteiger partial charge is 0.314 e. The smallest absolute Gasteiger partial charge is 0.101 e. The average Bonchev–Trinajstić information content (AvgIpc) is 2.27. The zero-order valence-electron chi connectivity index (χ0n) is 9.24. The van der Waals surface area contributed by atoms with Crippen LogP contribution in [0.15, 0.2) is 33.6 Å². The van der Waals surface area contributed by atoms with E-state index in [-0.39, 0.29) is 0 Å². The second-order valence-corrected chi connectivity index (χ2v) is 5.90. The highest BCUT2D eigenvalue weighted by Crippen LogP contribution is 2.28. The van der Waals surface area contributed by atoms with Gasteiger partial charge in [0.05, 0.1) is 6.07 Å². The third-order valence-corrected chi connectivity index (χ3v) is 4.30. The Labute approximate surface area is 109 Å². The number of nitrogens with zero attached hydrogens (tertiary/aromatic N) is 1. The molecule has 0 bridgehead atoms. The summed E-state index contributed by atoms with van der Waals surface area (Å²) in [5, 5.41) is 8.77. The maximum atomic E-state index is 8.77. The number of nitrogens with two attached hydrogens (primary N) is 1. The fourth-order valence-electron chi connectivity index (χ4n) is 1.24. The van der Waals surface area contributed by atoms with Gasteiger partial charge in [-0.3, -0.25) is 0 Å². The Kier molecular flexibility index (Phi) is 5.33. The Morgan fingerprint density at radius 2 is 2.19 bits per heavy atom. The Hall–Kier alpha value is -0.500. The molecule has 0 saturated carbocycles. The van der Waals surface area contributed by atoms with Crippen LogP contribution < -0.4 is 5.73 Å². The molecule has 0 amide bonds. The lowest BCUT2D eigenvalue weighted by atomic mass is 10.0. The second kappa shape index (κ2) is 6.29. The van der Waals surface area contributed by atoms with Gasteiger partial charge >= 0.3 is 0 Å². The van der Waals surface area contributed by atoms with Gasteiger partial charge in [-0.25, -0.2) is 0 Å². The van der Waals surface area contributed by atoms with Crippen LogP contribution in [-0.4, -0.2) is 11.3 Å². The molecule has 86 valence electrons. The number of halogens is 1. The van der Waals surface area contributed by atoms with Crippen molar-refractivity contribution in [2.75, 3.05) is 5.75 Å². The fourth-order valence-corrected chi connectivity index (χ4v) is 2.76. The molecule has 0 aliphatic carbocycles. The van der Waals surface area contributed by atoms with Crippen LogP contribution in [0.5, 0.6) is 0 Å². The highest BCUT2D eigenvalue weighted by atomic mass is 79.9. The Balaban J connectivity index is 2.33. The summed E-state index contributed by atoms with van der Waals surface area (Å²) in [7, 11) is 0. The van der Waals surface area contributed by atoms with E-state index in [4.69, 9.17) is 11.0 Å². The van der Waals surface area contributed by atoms with Crippen LogP contribution in [0.25, 0.3) is 0 Å². The molecule has 1 aromatic rings. The standard InChI is InChI=1S/C12H15BrN2S/c1-12(15,9-14)7-4-8-16-11-6-3-2-5-10(11)13/h2-3,5-6H,4,7-8,15H2,1H3. The molecule has 1 rings (SSSR count). The number of rotatable bonds is 5. The Morgan fingerprint density at radius 3 is 2.81 bits per heavy atom. The minimum atomic E-state index is -0.686. The van der Waals surface area contributed by atoms with Crippen LogP contribution in [-0.2, 0) is 0 Å². The van der Waals surface area contributed by atoms with Gasteiger partial charge in [0.1, 0.15) is 5.54 Å². The summed E-state index contributed by atoms with van der Waals surface area (Å²) >= 11 is 5.29. The molecule has 0 aliphatic rings. The SMILES string of the molecule is CC(N)(C#N)CCCSc1ccccc1Br. The van der Waals surface area contributed by atoms with Crippen molar-refractivity contribution in [3.63, 3.8) is 0 Å². The van der Waals surface area contributed by atoms with Gasteiger partial charge in [-0.2, -0.15) is 5.26 Å². The van der Waals surface area contributed by atoms with Crippen LogP contribution in [0.2, 0.25) is 0 Å². The summed E-state index contributed by atoms with van der Waals surface area (Å²) in [6, 6.07) is 10.3. The summed E-state index contributed by atoms with van der Waals surface area (Å²) in [5.74, 6) is 0.983. The number of thioether (sulfide) groups is 1. The van der Waals surface area contributed by atoms with Crippen LogP contribution >= 0.6 is 27.7 Å². The van der Waals surface area contributed by atoms with Crippen LogP contribution in [0.1, 0.15) is 19.8 Å². The van der Waals surface area contributed by atoms with Crippen molar-refractivity contribution in [1.29, 1.82) is 5.26 Å². The Bertz CT molecular complexity index is 385. The Morgan fingerprint density at radius 1 is 1.50 bits per heavy atom. The van der Waals surface area contributed by atoms with Gasteiger partial charge in [-0.15, -0.1) is 11.8 Å². The van der Waals surface area contributed by atoms with Crippen LogP contribution in [0.4, 0.5) is 0 Å². The van der Waals surface area contributed by atoms with Crippen molar-refractivity contribution < 1.29 is 0 Å². The molecule has 0 aromatic heterocycles. The fraction of sp³-hybridized carbons (Fsp3) is 0.417. The van der Waals surface area contributed by atoms with E-state index in [9.17, 15) is 0 Å². The minimum absolute atomic E-state index is 0.686. The van der Waals surface area contributed by atoms with Gasteiger partial charge in [0.15, 0.2) is 0 Å². The first kappa shape index (κ1) is 13.6. The molecule has 16 heavy (non-hydrogen) atoms. The highest BCUT2D eigenvalue weighted by molar-refractivity contribution is 9.10. The van der Waals surface area contributed by atoms with E-state index in [1.54, 1.807) is 18.7 Å². The van der Waals surface area contributed by atoms with Crippen molar-refractivity contribution in [1.82, 2.24) is 0 Å². The zero-order valence-corrected chi connectivity index (χ0v) is 11.6. The highest BCUT2D eigenvalue weighted by Gasteiger charge is 2.15. The summed E-state index contributed by atoms with van der Waals surface area (Å²) in [6.45, 7) is 1.77. The molecule has 0 fully saturated rings. The van der Waals surface area contributed by atoms with E-state index in [0.29, 0.717) is 0 Å². The van der Waals surface area contributed by atoms with E-state index in [2.05, 4.69) is 28.1 Å². The summed E-state index contributed by atoms with van der Waals surface area (Å²) in [6.07, 6.45) is 1.69. The third kappa shape index (κ3) is 4.56. The predicted molar refractivity (Wildman–Crippen MR) is 72.3 cm³/mol. The maximum absolute atomic E-state index is 8.77. The average molecular weight is 299 g/mol. The molecule has 0 aliphatic heterocycles. The topological polar surface area (TPSA) is 49.8 Å². The monoisotopic (exact) mass is 298 g/mol. The van der Waals surface area contributed by atoms with E-state index >= 15 is 0 Å². The molecule has 2 nitrogen and oxygen atoms in total. The molecule has 1 aromatic carbocycles. The number of nitriles is 1. The lowest BCUT2D eigenvalue weighted by Gasteiger charge is -2.14. The summed E-state index contributed by atoms with van der Waals surface area (Å²) < 4.78 is 1.12. The normalized spacial score (nSPS) is 14.1. The van der Waals surface area contributed by atoms with Gasteiger partial charge < -0.3 is 5.73 Å². The van der Waals surface area contributed by atoms with Gasteiger partial charge in [-0.1, -0.05) is 12.1 Å². The molecular weight excluding hydrogens is 284 g/mol. The number of benzene rings is 1. The quantitative estimate of drug-likeness (QED) is 0.668. The summed E-state index contributed by atoms with van der Waals surface area (Å²) in [5.41, 5.74) is 5.06. The van der Waals surface area contributed by atoms with Gasteiger partial charge in [0.25, 0.3) is 0 Å². The number of hydrogen-bond acceptors (Lipinski definition) is 3. The first-order chi connectivity index (χ1) is 7.55. The third-order valence-electron chi connectivity index (χ3n) is 2.19. The molecule has 0 radical (unpaired) electrons. The van der Waals surface area contributed by atoms with Crippen molar-refractivity contribution >= 4 is 27.7 Å². The molecule has 0 heterocycles. The zero-order chi connectivity index (χ0) is 12.0. The van der Waals surface area contributed by atoms with Crippen LogP contribution in [0, 0.1) is 11.3 Å². The van der Waals surface area contributed by atoms with Gasteiger partial charge in [0, 0.05) is 9.37 Å². The van der Waals surface area contributed by atoms with Gasteiger partial charge in [-0.05, 0) is 53.6 Å². The minimum Gasteiger partial charge on any atom is -0.314 e. The predicted octanol–water partition coefficient (Wildman–Crippen LogP) is 3.56. The molecular formula is C12H15BrN2S. The maximum Gasteiger partial charge on any atom is 0.101 e. The molecule has 4 heteroatoms. The summed E-state index contributed by atoms with van der Waals surface area (Å²) in [4.78, 5) is 1.23. The molecule has 1 unspecified atom stereocenters. The van der Waals surface area contributed by atoms with Crippen molar-refractivity contribution in [3.8, 4) is 6.07 Å². The molecule has 0 spiro atoms. The first-order valence-electron chi connectivity index (χ1n) is 5.12. The van der Waals surface area contributed by atoms with Gasteiger partial charge in [0.2, 0.25) is 0 Å². The lowest BCUT2D eigenvalue weighted by molar-refractivity contribution is 0.540. The van der Waals surface area contributed by atoms with E-state index < -0.39 is 5.54 Å². The molecule has 1 atom stereocenters. The second-order valence-electron chi connectivity index (χ2n) is 3.91. The van der Waals surface area contributed by atoms with Crippen molar-refractivity contribution in [2.45, 2.75) is 30.2 Å². The van der Waals surface area contributed by atoms with Crippen molar-refractivity contribution in [3.05, 3.63) is 28.7 Å². The van der Waals surface area contributed by atoms with Crippen LogP contribution in [0.3, 0.4) is 0 Å².